The number of carbonyl (C=O) groups is 1. The van der Waals surface area contributed by atoms with Crippen molar-refractivity contribution in [2.24, 2.45) is 11.5 Å². The van der Waals surface area contributed by atoms with E-state index < -0.39 is 6.04 Å². The first kappa shape index (κ1) is 21.8. The third-order valence-corrected chi connectivity index (χ3v) is 5.72. The molecule has 2 aromatic carbocycles. The van der Waals surface area contributed by atoms with E-state index in [0.717, 1.165) is 34.9 Å². The SMILES string of the molecule is NCCC[C@@H](N)C(=O)N[C@H](CCc1ccccc1)CSc1ccc(Cl)cc1. The Bertz CT molecular complexity index is 682. The molecule has 6 heteroatoms. The fourth-order valence-electron chi connectivity index (χ4n) is 2.69. The van der Waals surface area contributed by atoms with Gasteiger partial charge in [-0.15, -0.1) is 11.8 Å². The van der Waals surface area contributed by atoms with E-state index in [1.807, 2.05) is 42.5 Å². The molecule has 0 aliphatic heterocycles. The summed E-state index contributed by atoms with van der Waals surface area (Å²) in [6.45, 7) is 0.546. The summed E-state index contributed by atoms with van der Waals surface area (Å²) >= 11 is 7.66. The van der Waals surface area contributed by atoms with Crippen molar-refractivity contribution < 1.29 is 4.79 Å². The van der Waals surface area contributed by atoms with Gasteiger partial charge in [-0.1, -0.05) is 41.9 Å². The fourth-order valence-corrected chi connectivity index (χ4v) is 3.79. The zero-order chi connectivity index (χ0) is 19.5. The van der Waals surface area contributed by atoms with E-state index in [0.29, 0.717) is 13.0 Å². The number of hydrogen-bond acceptors (Lipinski definition) is 4. The van der Waals surface area contributed by atoms with Gasteiger partial charge in [0.1, 0.15) is 0 Å². The zero-order valence-electron chi connectivity index (χ0n) is 15.4. The number of nitrogens with one attached hydrogen (secondary N) is 1. The summed E-state index contributed by atoms with van der Waals surface area (Å²) in [4.78, 5) is 13.6. The number of aryl methyl sites for hydroxylation is 1. The molecule has 27 heavy (non-hydrogen) atoms. The standard InChI is InChI=1S/C21H28ClN3OS/c22-17-9-12-19(13-10-17)27-15-18(11-8-16-5-2-1-3-6-16)25-21(26)20(24)7-4-14-23/h1-3,5-6,9-10,12-13,18,20H,4,7-8,11,14-15,23-24H2,(H,25,26)/t18-,20-/m1/s1. The quantitative estimate of drug-likeness (QED) is 0.499. The second-order valence-corrected chi connectivity index (χ2v) is 8.06. The van der Waals surface area contributed by atoms with Crippen molar-refractivity contribution in [3.63, 3.8) is 0 Å². The first-order chi connectivity index (χ1) is 13.1. The molecule has 0 saturated carbocycles. The highest BCUT2D eigenvalue weighted by molar-refractivity contribution is 7.99. The van der Waals surface area contributed by atoms with Gasteiger partial charge < -0.3 is 16.8 Å². The Morgan fingerprint density at radius 2 is 1.78 bits per heavy atom. The summed E-state index contributed by atoms with van der Waals surface area (Å²) in [6, 6.07) is 17.6. The molecule has 4 nitrogen and oxygen atoms in total. The maximum Gasteiger partial charge on any atom is 0.237 e. The van der Waals surface area contributed by atoms with Crippen LogP contribution < -0.4 is 16.8 Å². The Balaban J connectivity index is 1.93. The Morgan fingerprint density at radius 3 is 2.44 bits per heavy atom. The fraction of sp³-hybridized carbons (Fsp3) is 0.381. The predicted molar refractivity (Wildman–Crippen MR) is 115 cm³/mol. The van der Waals surface area contributed by atoms with Crippen LogP contribution in [0.4, 0.5) is 0 Å². The molecule has 2 rings (SSSR count). The van der Waals surface area contributed by atoms with Crippen molar-refractivity contribution in [1.29, 1.82) is 0 Å². The zero-order valence-corrected chi connectivity index (χ0v) is 17.0. The molecule has 0 saturated heterocycles. The molecule has 0 aliphatic rings. The van der Waals surface area contributed by atoms with Crippen LogP contribution in [0.1, 0.15) is 24.8 Å². The highest BCUT2D eigenvalue weighted by Crippen LogP contribution is 2.22. The molecule has 0 bridgehead atoms. The normalized spacial score (nSPS) is 13.1. The lowest BCUT2D eigenvalue weighted by Crippen LogP contribution is -2.46. The second kappa shape index (κ2) is 12.0. The maximum absolute atomic E-state index is 12.4. The summed E-state index contributed by atoms with van der Waals surface area (Å²) < 4.78 is 0. The molecule has 2 aromatic rings. The van der Waals surface area contributed by atoms with Crippen LogP contribution >= 0.6 is 23.4 Å². The minimum absolute atomic E-state index is 0.0438. The van der Waals surface area contributed by atoms with Crippen molar-refractivity contribution in [1.82, 2.24) is 5.32 Å². The van der Waals surface area contributed by atoms with Gasteiger partial charge in [-0.25, -0.2) is 0 Å². The van der Waals surface area contributed by atoms with Crippen LogP contribution in [0.2, 0.25) is 5.02 Å². The van der Waals surface area contributed by atoms with Gasteiger partial charge in [0.25, 0.3) is 0 Å². The summed E-state index contributed by atoms with van der Waals surface area (Å²) in [5.41, 5.74) is 12.8. The maximum atomic E-state index is 12.4. The van der Waals surface area contributed by atoms with Crippen molar-refractivity contribution in [3.8, 4) is 0 Å². The summed E-state index contributed by atoms with van der Waals surface area (Å²) in [6.07, 6.45) is 3.13. The van der Waals surface area contributed by atoms with Crippen molar-refractivity contribution in [3.05, 3.63) is 65.2 Å². The van der Waals surface area contributed by atoms with E-state index >= 15 is 0 Å². The first-order valence-electron chi connectivity index (χ1n) is 9.27. The summed E-state index contributed by atoms with van der Waals surface area (Å²) in [5, 5.41) is 3.85. The molecule has 2 atom stereocenters. The molecule has 0 unspecified atom stereocenters. The van der Waals surface area contributed by atoms with Crippen LogP contribution in [0.15, 0.2) is 59.5 Å². The van der Waals surface area contributed by atoms with Gasteiger partial charge in [-0.3, -0.25) is 4.79 Å². The Kier molecular flexibility index (Phi) is 9.70. The van der Waals surface area contributed by atoms with E-state index in [1.165, 1.54) is 5.56 Å². The molecule has 0 aromatic heterocycles. The van der Waals surface area contributed by atoms with E-state index in [2.05, 4.69) is 17.4 Å². The van der Waals surface area contributed by atoms with E-state index in [-0.39, 0.29) is 11.9 Å². The number of thioether (sulfide) groups is 1. The monoisotopic (exact) mass is 405 g/mol. The molecular formula is C21H28ClN3OS. The summed E-state index contributed by atoms with van der Waals surface area (Å²) in [5.74, 6) is 0.683. The van der Waals surface area contributed by atoms with Crippen LogP contribution in [0.3, 0.4) is 0 Å². The first-order valence-corrected chi connectivity index (χ1v) is 10.6. The number of benzene rings is 2. The van der Waals surface area contributed by atoms with E-state index in [9.17, 15) is 4.79 Å². The number of amides is 1. The van der Waals surface area contributed by atoms with Crippen molar-refractivity contribution in [2.75, 3.05) is 12.3 Å². The average Bonchev–Trinajstić information content (AvgIpc) is 2.70. The number of halogens is 1. The van der Waals surface area contributed by atoms with Crippen LogP contribution in [0, 0.1) is 0 Å². The molecule has 0 aliphatic carbocycles. The van der Waals surface area contributed by atoms with Gasteiger partial charge in [0.15, 0.2) is 0 Å². The van der Waals surface area contributed by atoms with Crippen molar-refractivity contribution >= 4 is 29.3 Å². The van der Waals surface area contributed by atoms with Crippen LogP contribution in [0.25, 0.3) is 0 Å². The Hall–Kier alpha value is -1.53. The lowest BCUT2D eigenvalue weighted by Gasteiger charge is -2.21. The largest absolute Gasteiger partial charge is 0.351 e. The average molecular weight is 406 g/mol. The molecular weight excluding hydrogens is 378 g/mol. The number of nitrogens with two attached hydrogens (primary N) is 2. The van der Waals surface area contributed by atoms with Gasteiger partial charge in [-0.05, 0) is 62.1 Å². The van der Waals surface area contributed by atoms with E-state index in [4.69, 9.17) is 23.1 Å². The molecule has 0 radical (unpaired) electrons. The van der Waals surface area contributed by atoms with Gasteiger partial charge in [-0.2, -0.15) is 0 Å². The number of hydrogen-bond donors (Lipinski definition) is 3. The molecule has 1 amide bonds. The van der Waals surface area contributed by atoms with Crippen LogP contribution in [0.5, 0.6) is 0 Å². The lowest BCUT2D eigenvalue weighted by atomic mass is 10.1. The van der Waals surface area contributed by atoms with E-state index in [1.54, 1.807) is 11.8 Å². The molecule has 0 spiro atoms. The minimum atomic E-state index is -0.506. The summed E-state index contributed by atoms with van der Waals surface area (Å²) in [7, 11) is 0. The third kappa shape index (κ3) is 8.35. The third-order valence-electron chi connectivity index (χ3n) is 4.29. The lowest BCUT2D eigenvalue weighted by molar-refractivity contribution is -0.123. The second-order valence-electron chi connectivity index (χ2n) is 6.53. The van der Waals surface area contributed by atoms with Gasteiger partial charge >= 0.3 is 0 Å². The number of rotatable bonds is 11. The smallest absolute Gasteiger partial charge is 0.237 e. The Labute approximate surface area is 171 Å². The number of carbonyl (C=O) groups excluding carboxylic acids is 1. The topological polar surface area (TPSA) is 81.1 Å². The predicted octanol–water partition coefficient (Wildman–Crippen LogP) is 3.62. The highest BCUT2D eigenvalue weighted by atomic mass is 35.5. The van der Waals surface area contributed by atoms with Crippen molar-refractivity contribution in [2.45, 2.75) is 42.7 Å². The highest BCUT2D eigenvalue weighted by Gasteiger charge is 2.18. The van der Waals surface area contributed by atoms with Gasteiger partial charge in [0, 0.05) is 21.7 Å². The molecule has 0 heterocycles. The minimum Gasteiger partial charge on any atom is -0.351 e. The van der Waals surface area contributed by atoms with Gasteiger partial charge in [0.05, 0.1) is 6.04 Å². The van der Waals surface area contributed by atoms with Gasteiger partial charge in [0.2, 0.25) is 5.91 Å². The molecule has 5 N–H and O–H groups in total. The van der Waals surface area contributed by atoms with Crippen LogP contribution in [-0.2, 0) is 11.2 Å². The molecule has 0 fully saturated rings. The Morgan fingerprint density at radius 1 is 1.07 bits per heavy atom. The van der Waals surface area contributed by atoms with Crippen LogP contribution in [-0.4, -0.2) is 30.3 Å². The molecule has 146 valence electrons.